The Bertz CT molecular complexity index is 1600. The molecular formula is C30H28ClN3O6S2. The summed E-state index contributed by atoms with van der Waals surface area (Å²) >= 11 is 8.90. The normalized spacial score (nSPS) is 15.0. The Labute approximate surface area is 256 Å². The third-order valence-corrected chi connectivity index (χ3v) is 8.92. The Morgan fingerprint density at radius 2 is 1.95 bits per heavy atom. The highest BCUT2D eigenvalue weighted by Gasteiger charge is 2.47. The first-order valence-electron chi connectivity index (χ1n) is 13.4. The van der Waals surface area contributed by atoms with Crippen LogP contribution in [0.1, 0.15) is 54.4 Å². The lowest BCUT2D eigenvalue weighted by Gasteiger charge is -2.24. The Kier molecular flexibility index (Phi) is 9.51. The highest BCUT2D eigenvalue weighted by Crippen LogP contribution is 2.45. The van der Waals surface area contributed by atoms with Crippen molar-refractivity contribution in [2.45, 2.75) is 42.8 Å². The van der Waals surface area contributed by atoms with Crippen LogP contribution in [-0.2, 0) is 10.5 Å². The van der Waals surface area contributed by atoms with E-state index < -0.39 is 23.5 Å². The van der Waals surface area contributed by atoms with Crippen LogP contribution in [0, 0.1) is 0 Å². The third kappa shape index (κ3) is 6.18. The van der Waals surface area contributed by atoms with Gasteiger partial charge in [-0.2, -0.15) is 0 Å². The maximum absolute atomic E-state index is 13.6. The summed E-state index contributed by atoms with van der Waals surface area (Å²) in [6.07, 6.45) is 3.21. The number of aliphatic hydroxyl groups excluding tert-OH is 1. The van der Waals surface area contributed by atoms with E-state index in [1.165, 1.54) is 40.3 Å². The van der Waals surface area contributed by atoms with Gasteiger partial charge in [0.15, 0.2) is 27.4 Å². The minimum absolute atomic E-state index is 0.00556. The van der Waals surface area contributed by atoms with Crippen molar-refractivity contribution in [3.05, 3.63) is 94.1 Å². The topological polar surface area (TPSA) is 115 Å². The maximum atomic E-state index is 13.6. The number of hydrogen-bond acceptors (Lipinski definition) is 10. The molecule has 2 aromatic carbocycles. The standard InChI is InChI=1S/C30H28ClN3O6S2/c1-3-5-14-39-21-13-12-18(16-23(21)38-4-2)25-24(26(35)22-11-8-15-40-22)27(36)28(37)34(25)29-32-33-30(42-29)41-17-19-9-6-7-10-20(19)31/h6-13,15-16,25,36H,3-5,14,17H2,1-2H3. The van der Waals surface area contributed by atoms with Crippen molar-refractivity contribution in [1.82, 2.24) is 10.2 Å². The van der Waals surface area contributed by atoms with E-state index in [9.17, 15) is 14.7 Å². The van der Waals surface area contributed by atoms with Gasteiger partial charge in [0.25, 0.3) is 5.91 Å². The summed E-state index contributed by atoms with van der Waals surface area (Å²) in [7, 11) is 0. The molecule has 0 saturated heterocycles. The number of unbranched alkanes of at least 4 members (excludes halogenated alkanes) is 1. The Hall–Kier alpha value is -3.80. The molecule has 0 aliphatic carbocycles. The number of anilines is 1. The quantitative estimate of drug-likeness (QED) is 0.0700. The summed E-state index contributed by atoms with van der Waals surface area (Å²) in [6, 6.07) is 14.8. The van der Waals surface area contributed by atoms with Gasteiger partial charge in [-0.05, 0) is 54.8 Å². The average Bonchev–Trinajstić information content (AvgIpc) is 3.74. The highest BCUT2D eigenvalue weighted by molar-refractivity contribution is 8.00. The second-order valence-electron chi connectivity index (χ2n) is 9.22. The summed E-state index contributed by atoms with van der Waals surface area (Å²) in [5.74, 6) is -0.507. The molecule has 1 atom stereocenters. The number of hydrogen-bond donors (Lipinski definition) is 1. The number of aliphatic hydroxyl groups is 1. The monoisotopic (exact) mass is 625 g/mol. The molecule has 1 unspecified atom stereocenters. The minimum Gasteiger partial charge on any atom is -0.503 e. The van der Waals surface area contributed by atoms with Crippen molar-refractivity contribution in [3.8, 4) is 11.5 Å². The summed E-state index contributed by atoms with van der Waals surface area (Å²) in [6.45, 7) is 4.83. The van der Waals surface area contributed by atoms with E-state index in [0.717, 1.165) is 18.4 Å². The first-order valence-corrected chi connectivity index (χ1v) is 15.5. The van der Waals surface area contributed by atoms with Crippen LogP contribution in [-0.4, -0.2) is 40.2 Å². The van der Waals surface area contributed by atoms with E-state index in [0.29, 0.717) is 45.4 Å². The molecule has 0 saturated carbocycles. The van der Waals surface area contributed by atoms with Crippen LogP contribution < -0.4 is 14.4 Å². The third-order valence-electron chi connectivity index (χ3n) is 6.45. The van der Waals surface area contributed by atoms with Crippen LogP contribution in [0.4, 0.5) is 5.13 Å². The van der Waals surface area contributed by atoms with E-state index in [4.69, 9.17) is 25.5 Å². The fourth-order valence-electron chi connectivity index (χ4n) is 4.41. The summed E-state index contributed by atoms with van der Waals surface area (Å²) in [5.41, 5.74) is 1.33. The van der Waals surface area contributed by atoms with Gasteiger partial charge in [0.2, 0.25) is 10.9 Å². The number of aromatic nitrogens is 2. The molecule has 0 radical (unpaired) electrons. The average molecular weight is 626 g/mol. The minimum atomic E-state index is -1.02. The predicted octanol–water partition coefficient (Wildman–Crippen LogP) is 7.44. The van der Waals surface area contributed by atoms with Gasteiger partial charge in [0.05, 0.1) is 31.1 Å². The van der Waals surface area contributed by atoms with E-state index in [-0.39, 0.29) is 16.5 Å². The van der Waals surface area contributed by atoms with E-state index in [1.807, 2.05) is 31.2 Å². The van der Waals surface area contributed by atoms with E-state index >= 15 is 0 Å². The van der Waals surface area contributed by atoms with Crippen molar-refractivity contribution < 1.29 is 28.6 Å². The van der Waals surface area contributed by atoms with Crippen molar-refractivity contribution >= 4 is 51.5 Å². The van der Waals surface area contributed by atoms with Crippen LogP contribution >= 0.6 is 34.7 Å². The van der Waals surface area contributed by atoms with Gasteiger partial charge in [0, 0.05) is 10.8 Å². The number of Topliss-reactive ketones (excluding diaryl/α,β-unsaturated/α-hetero) is 1. The molecular weight excluding hydrogens is 598 g/mol. The van der Waals surface area contributed by atoms with Gasteiger partial charge < -0.3 is 19.0 Å². The lowest BCUT2D eigenvalue weighted by Crippen LogP contribution is -2.31. The number of carbonyl (C=O) groups excluding carboxylic acids is 2. The smallest absolute Gasteiger partial charge is 0.296 e. The second kappa shape index (κ2) is 13.5. The molecule has 218 valence electrons. The molecule has 0 bridgehead atoms. The van der Waals surface area contributed by atoms with E-state index in [2.05, 4.69) is 17.1 Å². The van der Waals surface area contributed by atoms with Crippen LogP contribution in [0.3, 0.4) is 0 Å². The largest absolute Gasteiger partial charge is 0.503 e. The van der Waals surface area contributed by atoms with Crippen molar-refractivity contribution in [2.24, 2.45) is 0 Å². The van der Waals surface area contributed by atoms with Crippen molar-refractivity contribution in [1.29, 1.82) is 0 Å². The number of carbonyl (C=O) groups is 2. The predicted molar refractivity (Wildman–Crippen MR) is 162 cm³/mol. The first-order chi connectivity index (χ1) is 20.4. The van der Waals surface area contributed by atoms with Crippen LogP contribution in [0.5, 0.6) is 11.5 Å². The Balaban J connectivity index is 1.52. The lowest BCUT2D eigenvalue weighted by atomic mass is 9.95. The lowest BCUT2D eigenvalue weighted by molar-refractivity contribution is -0.117. The van der Waals surface area contributed by atoms with Gasteiger partial charge in [0.1, 0.15) is 0 Å². The fraction of sp³-hybridized carbons (Fsp3) is 0.267. The molecule has 4 aromatic rings. The molecule has 1 aliphatic heterocycles. The van der Waals surface area contributed by atoms with Crippen LogP contribution in [0.25, 0.3) is 0 Å². The van der Waals surface area contributed by atoms with Crippen molar-refractivity contribution in [3.63, 3.8) is 0 Å². The van der Waals surface area contributed by atoms with Gasteiger partial charge >= 0.3 is 0 Å². The number of furan rings is 1. The van der Waals surface area contributed by atoms with Crippen LogP contribution in [0.2, 0.25) is 5.02 Å². The zero-order valence-corrected chi connectivity index (χ0v) is 25.3. The number of thioether (sulfide) groups is 1. The maximum Gasteiger partial charge on any atom is 0.296 e. The van der Waals surface area contributed by atoms with Gasteiger partial charge in [-0.1, -0.05) is 72.3 Å². The molecule has 1 amide bonds. The molecule has 2 aromatic heterocycles. The summed E-state index contributed by atoms with van der Waals surface area (Å²) < 4.78 is 17.7. The molecule has 9 nitrogen and oxygen atoms in total. The van der Waals surface area contributed by atoms with Gasteiger partial charge in [-0.25, -0.2) is 0 Å². The molecule has 3 heterocycles. The summed E-state index contributed by atoms with van der Waals surface area (Å²) in [4.78, 5) is 28.4. The van der Waals surface area contributed by atoms with Crippen LogP contribution in [0.15, 0.2) is 80.9 Å². The van der Waals surface area contributed by atoms with Gasteiger partial charge in [-0.3, -0.25) is 14.5 Å². The summed E-state index contributed by atoms with van der Waals surface area (Å²) in [5, 5.41) is 20.5. The number of nitrogens with zero attached hydrogens (tertiary/aromatic N) is 3. The fourth-order valence-corrected chi connectivity index (χ4v) is 6.57. The van der Waals surface area contributed by atoms with Gasteiger partial charge in [-0.15, -0.1) is 10.2 Å². The van der Waals surface area contributed by atoms with Crippen molar-refractivity contribution in [2.75, 3.05) is 18.1 Å². The SMILES string of the molecule is CCCCOc1ccc(C2C(C(=O)c3ccco3)=C(O)C(=O)N2c2nnc(SCc3ccccc3Cl)s2)cc1OCC. The zero-order valence-electron chi connectivity index (χ0n) is 22.9. The number of ether oxygens (including phenoxy) is 2. The zero-order chi connectivity index (χ0) is 29.6. The number of ketones is 1. The molecule has 0 spiro atoms. The molecule has 42 heavy (non-hydrogen) atoms. The number of rotatable bonds is 13. The first kappa shape index (κ1) is 29.7. The molecule has 12 heteroatoms. The molecule has 1 aliphatic rings. The number of amides is 1. The number of benzene rings is 2. The second-order valence-corrected chi connectivity index (χ2v) is 11.8. The molecule has 1 N–H and O–H groups in total. The highest BCUT2D eigenvalue weighted by atomic mass is 35.5. The van der Waals surface area contributed by atoms with E-state index in [1.54, 1.807) is 24.3 Å². The molecule has 0 fully saturated rings. The number of halogens is 1. The Morgan fingerprint density at radius 1 is 1.12 bits per heavy atom. The Morgan fingerprint density at radius 3 is 2.69 bits per heavy atom. The molecule has 5 rings (SSSR count).